The molecule has 0 saturated heterocycles. The van der Waals surface area contributed by atoms with Crippen LogP contribution in [0.25, 0.3) is 11.5 Å². The Bertz CT molecular complexity index is 814. The molecule has 3 rings (SSSR count). The zero-order valence-corrected chi connectivity index (χ0v) is 12.4. The van der Waals surface area contributed by atoms with Crippen molar-refractivity contribution >= 4 is 0 Å². The van der Waals surface area contributed by atoms with Gasteiger partial charge in [0.25, 0.3) is 0 Å². The summed E-state index contributed by atoms with van der Waals surface area (Å²) in [5, 5.41) is 6.48. The van der Waals surface area contributed by atoms with Crippen molar-refractivity contribution in [2.45, 2.75) is 19.9 Å². The van der Waals surface area contributed by atoms with Gasteiger partial charge >= 0.3 is 5.69 Å². The lowest BCUT2D eigenvalue weighted by Gasteiger charge is -2.05. The van der Waals surface area contributed by atoms with Crippen molar-refractivity contribution in [3.8, 4) is 17.3 Å². The van der Waals surface area contributed by atoms with Crippen LogP contribution in [0.15, 0.2) is 39.7 Å². The number of oxazole rings is 1. The number of H-pyrrole nitrogens is 1. The van der Waals surface area contributed by atoms with Crippen molar-refractivity contribution in [2.24, 2.45) is 0 Å². The van der Waals surface area contributed by atoms with Crippen molar-refractivity contribution in [2.75, 3.05) is 7.11 Å². The number of ether oxygens (including phenoxy) is 1. The number of nitrogens with zero attached hydrogens (tertiary/aromatic N) is 3. The van der Waals surface area contributed by atoms with Gasteiger partial charge in [0.15, 0.2) is 11.7 Å². The van der Waals surface area contributed by atoms with Crippen molar-refractivity contribution in [3.05, 3.63) is 52.5 Å². The van der Waals surface area contributed by atoms with Gasteiger partial charge in [0.2, 0.25) is 0 Å². The molecule has 1 aromatic carbocycles. The van der Waals surface area contributed by atoms with E-state index in [1.54, 1.807) is 18.6 Å². The summed E-state index contributed by atoms with van der Waals surface area (Å²) in [7, 11) is 1.63. The maximum Gasteiger partial charge on any atom is 0.343 e. The molecule has 0 aliphatic rings. The van der Waals surface area contributed by atoms with E-state index in [4.69, 9.17) is 9.15 Å². The lowest BCUT2D eigenvalue weighted by Crippen LogP contribution is -2.19. The Morgan fingerprint density at radius 1 is 1.32 bits per heavy atom. The van der Waals surface area contributed by atoms with E-state index in [1.165, 1.54) is 6.26 Å². The Kier molecular flexibility index (Phi) is 3.78. The lowest BCUT2D eigenvalue weighted by atomic mass is 10.1. The molecule has 0 fully saturated rings. The molecular weight excluding hydrogens is 284 g/mol. The van der Waals surface area contributed by atoms with Crippen LogP contribution in [0, 0.1) is 6.92 Å². The van der Waals surface area contributed by atoms with E-state index in [0.717, 1.165) is 11.3 Å². The molecule has 0 radical (unpaired) electrons. The Labute approximate surface area is 126 Å². The molecule has 2 aromatic heterocycles. The molecule has 0 aliphatic heterocycles. The highest BCUT2D eigenvalue weighted by Gasteiger charge is 2.14. The molecule has 114 valence electrons. The molecule has 2 heterocycles. The standard InChI is InChI=1S/C15H16N4O3/c1-10-16-13(9-22-10)14-17-18-15(20)19(14)8-7-11-3-5-12(21-2)6-4-11/h3-6,9H,7-8H2,1-2H3,(H,18,20). The van der Waals surface area contributed by atoms with Crippen LogP contribution < -0.4 is 10.4 Å². The van der Waals surface area contributed by atoms with Crippen LogP contribution in [0.4, 0.5) is 0 Å². The molecule has 0 spiro atoms. The fraction of sp³-hybridized carbons (Fsp3) is 0.267. The van der Waals surface area contributed by atoms with Crippen LogP contribution >= 0.6 is 0 Å². The Hall–Kier alpha value is -2.83. The van der Waals surface area contributed by atoms with Gasteiger partial charge in [-0.25, -0.2) is 14.9 Å². The normalized spacial score (nSPS) is 10.8. The van der Waals surface area contributed by atoms with Crippen LogP contribution in [-0.4, -0.2) is 26.9 Å². The molecule has 1 N–H and O–H groups in total. The molecule has 3 aromatic rings. The number of aromatic nitrogens is 4. The van der Waals surface area contributed by atoms with E-state index < -0.39 is 0 Å². The largest absolute Gasteiger partial charge is 0.497 e. The summed E-state index contributed by atoms with van der Waals surface area (Å²) >= 11 is 0. The van der Waals surface area contributed by atoms with E-state index in [0.29, 0.717) is 30.4 Å². The van der Waals surface area contributed by atoms with Gasteiger partial charge in [-0.05, 0) is 24.1 Å². The summed E-state index contributed by atoms with van der Waals surface area (Å²) in [6.45, 7) is 2.25. The maximum absolute atomic E-state index is 11.9. The number of aryl methyl sites for hydroxylation is 2. The van der Waals surface area contributed by atoms with Gasteiger partial charge in [-0.15, -0.1) is 0 Å². The van der Waals surface area contributed by atoms with E-state index in [-0.39, 0.29) is 5.69 Å². The van der Waals surface area contributed by atoms with E-state index in [9.17, 15) is 4.79 Å². The summed E-state index contributed by atoms with van der Waals surface area (Å²) in [5.74, 6) is 1.82. The van der Waals surface area contributed by atoms with E-state index >= 15 is 0 Å². The Balaban J connectivity index is 1.80. The minimum Gasteiger partial charge on any atom is -0.497 e. The third kappa shape index (κ3) is 2.78. The highest BCUT2D eigenvalue weighted by Crippen LogP contribution is 2.16. The summed E-state index contributed by atoms with van der Waals surface area (Å²) < 4.78 is 11.9. The highest BCUT2D eigenvalue weighted by molar-refractivity contribution is 5.46. The number of nitrogens with one attached hydrogen (secondary N) is 1. The van der Waals surface area contributed by atoms with Crippen LogP contribution in [0.1, 0.15) is 11.5 Å². The highest BCUT2D eigenvalue weighted by atomic mass is 16.5. The fourth-order valence-corrected chi connectivity index (χ4v) is 2.22. The molecule has 0 saturated carbocycles. The monoisotopic (exact) mass is 300 g/mol. The second kappa shape index (κ2) is 5.88. The zero-order valence-electron chi connectivity index (χ0n) is 12.4. The molecule has 0 amide bonds. The zero-order chi connectivity index (χ0) is 15.5. The number of methoxy groups -OCH3 is 1. The van der Waals surface area contributed by atoms with E-state index in [2.05, 4.69) is 15.2 Å². The molecule has 7 heteroatoms. The molecule has 22 heavy (non-hydrogen) atoms. The molecular formula is C15H16N4O3. The maximum atomic E-state index is 11.9. The smallest absolute Gasteiger partial charge is 0.343 e. The van der Waals surface area contributed by atoms with Crippen molar-refractivity contribution in [1.82, 2.24) is 19.7 Å². The van der Waals surface area contributed by atoms with Gasteiger partial charge in [0.1, 0.15) is 17.7 Å². The van der Waals surface area contributed by atoms with Crippen LogP contribution in [0.5, 0.6) is 5.75 Å². The van der Waals surface area contributed by atoms with Gasteiger partial charge in [0.05, 0.1) is 7.11 Å². The Morgan fingerprint density at radius 2 is 2.09 bits per heavy atom. The number of hydrogen-bond donors (Lipinski definition) is 1. The topological polar surface area (TPSA) is 85.9 Å². The van der Waals surface area contributed by atoms with Crippen LogP contribution in [0.3, 0.4) is 0 Å². The minimum atomic E-state index is -0.260. The van der Waals surface area contributed by atoms with Gasteiger partial charge in [0, 0.05) is 13.5 Å². The van der Waals surface area contributed by atoms with E-state index in [1.807, 2.05) is 24.3 Å². The predicted octanol–water partition coefficient (Wildman–Crippen LogP) is 1.79. The first-order valence-corrected chi connectivity index (χ1v) is 6.88. The first kappa shape index (κ1) is 14.1. The SMILES string of the molecule is COc1ccc(CCn2c(-c3coc(C)n3)n[nH]c2=O)cc1. The third-order valence-corrected chi connectivity index (χ3v) is 3.39. The lowest BCUT2D eigenvalue weighted by molar-refractivity contribution is 0.414. The quantitative estimate of drug-likeness (QED) is 0.776. The second-order valence-corrected chi connectivity index (χ2v) is 4.85. The molecule has 0 aliphatic carbocycles. The molecule has 0 atom stereocenters. The average molecular weight is 300 g/mol. The minimum absolute atomic E-state index is 0.260. The fourth-order valence-electron chi connectivity index (χ4n) is 2.22. The van der Waals surface area contributed by atoms with Crippen molar-refractivity contribution in [3.63, 3.8) is 0 Å². The number of hydrogen-bond acceptors (Lipinski definition) is 5. The molecule has 0 unspecified atom stereocenters. The number of aromatic amines is 1. The van der Waals surface area contributed by atoms with Gasteiger partial charge in [-0.2, -0.15) is 5.10 Å². The third-order valence-electron chi connectivity index (χ3n) is 3.39. The summed E-state index contributed by atoms with van der Waals surface area (Å²) in [6.07, 6.45) is 2.20. The van der Waals surface area contributed by atoms with Crippen LogP contribution in [-0.2, 0) is 13.0 Å². The molecule has 7 nitrogen and oxygen atoms in total. The van der Waals surface area contributed by atoms with Crippen molar-refractivity contribution in [1.29, 1.82) is 0 Å². The van der Waals surface area contributed by atoms with Crippen LogP contribution in [0.2, 0.25) is 0 Å². The first-order valence-electron chi connectivity index (χ1n) is 6.88. The number of benzene rings is 1. The Morgan fingerprint density at radius 3 is 2.73 bits per heavy atom. The summed E-state index contributed by atoms with van der Waals surface area (Å²) in [5.41, 5.74) is 1.39. The summed E-state index contributed by atoms with van der Waals surface area (Å²) in [6, 6.07) is 7.75. The van der Waals surface area contributed by atoms with Crippen molar-refractivity contribution < 1.29 is 9.15 Å². The van der Waals surface area contributed by atoms with Gasteiger partial charge in [-0.3, -0.25) is 4.57 Å². The average Bonchev–Trinajstić information content (AvgIpc) is 3.11. The first-order chi connectivity index (χ1) is 10.7. The predicted molar refractivity (Wildman–Crippen MR) is 79.8 cm³/mol. The second-order valence-electron chi connectivity index (χ2n) is 4.85. The molecule has 0 bridgehead atoms. The number of rotatable bonds is 5. The summed E-state index contributed by atoms with van der Waals surface area (Å²) in [4.78, 5) is 16.1. The van der Waals surface area contributed by atoms with Gasteiger partial charge < -0.3 is 9.15 Å². The van der Waals surface area contributed by atoms with Gasteiger partial charge in [-0.1, -0.05) is 12.1 Å².